The van der Waals surface area contributed by atoms with Crippen LogP contribution in [-0.2, 0) is 4.79 Å². The molecule has 1 aromatic rings. The molecule has 1 aliphatic heterocycles. The number of ether oxygens (including phenoxy) is 1. The predicted molar refractivity (Wildman–Crippen MR) is 50.1 cm³/mol. The quantitative estimate of drug-likeness (QED) is 0.671. The van der Waals surface area contributed by atoms with Gasteiger partial charge in [0.05, 0.1) is 0 Å². The minimum absolute atomic E-state index is 0.0463. The molecule has 1 aromatic heterocycles. The van der Waals surface area contributed by atoms with Crippen LogP contribution in [0.4, 0.5) is 5.82 Å². The van der Waals surface area contributed by atoms with Gasteiger partial charge in [-0.1, -0.05) is 0 Å². The number of aromatic nitrogens is 1. The number of carbonyl (C=O) groups is 1. The first kappa shape index (κ1) is 7.79. The predicted octanol–water partition coefficient (Wildman–Crippen LogP) is 1.34. The molecule has 0 radical (unpaired) electrons. The third-order valence-electron chi connectivity index (χ3n) is 2.88. The van der Waals surface area contributed by atoms with Crippen LogP contribution < -0.4 is 10.1 Å². The van der Waals surface area contributed by atoms with E-state index in [1.165, 1.54) is 0 Å². The number of hydrogen-bond donors (Lipinski definition) is 1. The molecular formula is C10H10N2O2. The van der Waals surface area contributed by atoms with E-state index in [1.807, 2.05) is 12.1 Å². The van der Waals surface area contributed by atoms with Crippen LogP contribution >= 0.6 is 0 Å². The maximum Gasteiger partial charge on any atom is 0.269 e. The van der Waals surface area contributed by atoms with Crippen LogP contribution in [0.3, 0.4) is 0 Å². The SMILES string of the molecule is O=C1Nc2ncccc2OC12CCC2. The van der Waals surface area contributed by atoms with Gasteiger partial charge in [-0.15, -0.1) is 0 Å². The van der Waals surface area contributed by atoms with Gasteiger partial charge in [0.1, 0.15) is 0 Å². The molecule has 2 aliphatic rings. The fourth-order valence-electron chi connectivity index (χ4n) is 1.87. The number of carbonyl (C=O) groups excluding carboxylic acids is 1. The fourth-order valence-corrected chi connectivity index (χ4v) is 1.87. The number of rotatable bonds is 0. The summed E-state index contributed by atoms with van der Waals surface area (Å²) in [5.74, 6) is 1.18. The number of nitrogens with one attached hydrogen (secondary N) is 1. The number of nitrogens with zero attached hydrogens (tertiary/aromatic N) is 1. The van der Waals surface area contributed by atoms with Gasteiger partial charge in [0.2, 0.25) is 0 Å². The average Bonchev–Trinajstić information content (AvgIpc) is 2.14. The third-order valence-corrected chi connectivity index (χ3v) is 2.88. The van der Waals surface area contributed by atoms with Gasteiger partial charge in [-0.3, -0.25) is 4.79 Å². The maximum atomic E-state index is 11.7. The summed E-state index contributed by atoms with van der Waals surface area (Å²) in [5, 5.41) is 2.78. The van der Waals surface area contributed by atoms with Crippen molar-refractivity contribution in [2.75, 3.05) is 5.32 Å². The Bertz CT molecular complexity index is 399. The maximum absolute atomic E-state index is 11.7. The topological polar surface area (TPSA) is 51.2 Å². The van der Waals surface area contributed by atoms with Gasteiger partial charge in [-0.2, -0.15) is 0 Å². The van der Waals surface area contributed by atoms with Crippen LogP contribution in [-0.4, -0.2) is 16.5 Å². The van der Waals surface area contributed by atoms with Gasteiger partial charge in [0.15, 0.2) is 17.2 Å². The summed E-state index contributed by atoms with van der Waals surface area (Å²) in [7, 11) is 0. The Morgan fingerprint density at radius 2 is 2.36 bits per heavy atom. The van der Waals surface area contributed by atoms with E-state index in [0.717, 1.165) is 19.3 Å². The van der Waals surface area contributed by atoms with E-state index < -0.39 is 5.60 Å². The van der Waals surface area contributed by atoms with Gasteiger partial charge in [-0.05, 0) is 31.4 Å². The average molecular weight is 190 g/mol. The highest BCUT2D eigenvalue weighted by atomic mass is 16.5. The van der Waals surface area contributed by atoms with E-state index >= 15 is 0 Å². The number of fused-ring (bicyclic) bond motifs is 1. The summed E-state index contributed by atoms with van der Waals surface area (Å²) in [6.45, 7) is 0. The smallest absolute Gasteiger partial charge is 0.269 e. The molecule has 0 aromatic carbocycles. The van der Waals surface area contributed by atoms with Gasteiger partial charge < -0.3 is 10.1 Å². The summed E-state index contributed by atoms with van der Waals surface area (Å²) < 4.78 is 5.69. The van der Waals surface area contributed by atoms with Crippen molar-refractivity contribution in [2.45, 2.75) is 24.9 Å². The summed E-state index contributed by atoms with van der Waals surface area (Å²) in [6, 6.07) is 3.64. The van der Waals surface area contributed by atoms with Gasteiger partial charge in [0, 0.05) is 6.20 Å². The molecular weight excluding hydrogens is 180 g/mol. The highest BCUT2D eigenvalue weighted by Gasteiger charge is 2.49. The van der Waals surface area contributed by atoms with E-state index in [9.17, 15) is 4.79 Å². The lowest BCUT2D eigenvalue weighted by atomic mass is 9.78. The standard InChI is InChI=1S/C10H10N2O2/c13-9-10(4-2-5-10)14-7-3-1-6-11-8(7)12-9/h1,3,6H,2,4-5H2,(H,11,12,13). The second-order valence-electron chi connectivity index (χ2n) is 3.75. The molecule has 0 saturated heterocycles. The largest absolute Gasteiger partial charge is 0.474 e. The van der Waals surface area contributed by atoms with E-state index in [1.54, 1.807) is 6.20 Å². The highest BCUT2D eigenvalue weighted by molar-refractivity contribution is 6.00. The Labute approximate surface area is 81.3 Å². The van der Waals surface area contributed by atoms with Crippen LogP contribution in [0.2, 0.25) is 0 Å². The highest BCUT2D eigenvalue weighted by Crippen LogP contribution is 2.42. The molecule has 1 spiro atoms. The first-order valence-corrected chi connectivity index (χ1v) is 4.76. The van der Waals surface area contributed by atoms with E-state index in [4.69, 9.17) is 4.74 Å². The van der Waals surface area contributed by atoms with Crippen LogP contribution in [0.5, 0.6) is 5.75 Å². The Morgan fingerprint density at radius 3 is 3.07 bits per heavy atom. The molecule has 14 heavy (non-hydrogen) atoms. The molecule has 4 heteroatoms. The van der Waals surface area contributed by atoms with Gasteiger partial charge >= 0.3 is 0 Å². The molecule has 1 saturated carbocycles. The monoisotopic (exact) mass is 190 g/mol. The Balaban J connectivity index is 2.03. The second kappa shape index (κ2) is 2.47. The number of anilines is 1. The van der Waals surface area contributed by atoms with Crippen molar-refractivity contribution in [1.82, 2.24) is 4.98 Å². The zero-order chi connectivity index (χ0) is 9.60. The van der Waals surface area contributed by atoms with Crippen LogP contribution in [0.15, 0.2) is 18.3 Å². The zero-order valence-corrected chi connectivity index (χ0v) is 7.62. The van der Waals surface area contributed by atoms with Crippen molar-refractivity contribution in [2.24, 2.45) is 0 Å². The van der Waals surface area contributed by atoms with Crippen molar-refractivity contribution >= 4 is 11.7 Å². The summed E-state index contributed by atoms with van der Waals surface area (Å²) in [4.78, 5) is 15.7. The first-order valence-electron chi connectivity index (χ1n) is 4.76. The lowest BCUT2D eigenvalue weighted by Gasteiger charge is -2.42. The summed E-state index contributed by atoms with van der Waals surface area (Å²) in [5.41, 5.74) is -0.587. The Morgan fingerprint density at radius 1 is 1.50 bits per heavy atom. The molecule has 0 unspecified atom stereocenters. The molecule has 1 fully saturated rings. The molecule has 3 rings (SSSR count). The zero-order valence-electron chi connectivity index (χ0n) is 7.62. The lowest BCUT2D eigenvalue weighted by molar-refractivity contribution is -0.140. The normalized spacial score (nSPS) is 21.9. The number of pyridine rings is 1. The van der Waals surface area contributed by atoms with Crippen LogP contribution in [0, 0.1) is 0 Å². The Kier molecular flexibility index (Phi) is 1.37. The molecule has 1 N–H and O–H groups in total. The molecule has 0 atom stereocenters. The van der Waals surface area contributed by atoms with Crippen molar-refractivity contribution in [1.29, 1.82) is 0 Å². The fraction of sp³-hybridized carbons (Fsp3) is 0.400. The van der Waals surface area contributed by atoms with Crippen molar-refractivity contribution in [3.05, 3.63) is 18.3 Å². The van der Waals surface area contributed by atoms with Gasteiger partial charge in [0.25, 0.3) is 5.91 Å². The minimum atomic E-state index is -0.587. The van der Waals surface area contributed by atoms with Crippen LogP contribution in [0.1, 0.15) is 19.3 Å². The molecule has 1 aliphatic carbocycles. The molecule has 72 valence electrons. The van der Waals surface area contributed by atoms with E-state index in [0.29, 0.717) is 11.6 Å². The van der Waals surface area contributed by atoms with Crippen LogP contribution in [0.25, 0.3) is 0 Å². The third kappa shape index (κ3) is 0.880. The first-order chi connectivity index (χ1) is 6.80. The summed E-state index contributed by atoms with van der Waals surface area (Å²) >= 11 is 0. The van der Waals surface area contributed by atoms with Crippen molar-refractivity contribution < 1.29 is 9.53 Å². The number of hydrogen-bond acceptors (Lipinski definition) is 3. The van der Waals surface area contributed by atoms with E-state index in [-0.39, 0.29) is 5.91 Å². The molecule has 0 bridgehead atoms. The van der Waals surface area contributed by atoms with Crippen molar-refractivity contribution in [3.63, 3.8) is 0 Å². The van der Waals surface area contributed by atoms with Crippen molar-refractivity contribution in [3.8, 4) is 5.75 Å². The molecule has 1 amide bonds. The van der Waals surface area contributed by atoms with E-state index in [2.05, 4.69) is 10.3 Å². The lowest BCUT2D eigenvalue weighted by Crippen LogP contribution is -2.55. The van der Waals surface area contributed by atoms with Gasteiger partial charge in [-0.25, -0.2) is 4.98 Å². The summed E-state index contributed by atoms with van der Waals surface area (Å²) in [6.07, 6.45) is 4.32. The second-order valence-corrected chi connectivity index (χ2v) is 3.75. The molecule has 4 nitrogen and oxygen atoms in total. The Hall–Kier alpha value is -1.58. The number of amides is 1. The minimum Gasteiger partial charge on any atom is -0.474 e. The molecule has 2 heterocycles.